The molecule has 0 unspecified atom stereocenters. The molecule has 0 aliphatic rings. The summed E-state index contributed by atoms with van der Waals surface area (Å²) in [5, 5.41) is 18.6. The van der Waals surface area contributed by atoms with E-state index in [0.29, 0.717) is 24.6 Å². The molecule has 2 rings (SSSR count). The van der Waals surface area contributed by atoms with E-state index in [-0.39, 0.29) is 6.42 Å². The second kappa shape index (κ2) is 7.79. The monoisotopic (exact) mass is 294 g/mol. The second-order valence-electron chi connectivity index (χ2n) is 4.62. The average Bonchev–Trinajstić information content (AvgIpc) is 3.06. The van der Waals surface area contributed by atoms with E-state index >= 15 is 0 Å². The lowest BCUT2D eigenvalue weighted by Crippen LogP contribution is -1.95. The molecular weight excluding hydrogens is 276 g/mol. The molecule has 20 heavy (non-hydrogen) atoms. The van der Waals surface area contributed by atoms with Gasteiger partial charge in [0.05, 0.1) is 0 Å². The Hall–Kier alpha value is -1.69. The maximum Gasteiger partial charge on any atom is 0.303 e. The lowest BCUT2D eigenvalue weighted by Gasteiger charge is -1.95. The number of rotatable bonds is 9. The van der Waals surface area contributed by atoms with E-state index in [2.05, 4.69) is 27.7 Å². The van der Waals surface area contributed by atoms with E-state index in [1.807, 2.05) is 0 Å². The number of aromatic nitrogens is 2. The highest BCUT2D eigenvalue weighted by Gasteiger charge is 2.06. The minimum Gasteiger partial charge on any atom is -0.481 e. The predicted octanol–water partition coefficient (Wildman–Crippen LogP) is 3.10. The molecule has 1 N–H and O–H groups in total. The Morgan fingerprint density at radius 3 is 2.55 bits per heavy atom. The van der Waals surface area contributed by atoms with Gasteiger partial charge in [-0.15, -0.1) is 21.5 Å². The van der Waals surface area contributed by atoms with Gasteiger partial charge in [0.15, 0.2) is 0 Å². The van der Waals surface area contributed by atoms with Gasteiger partial charge >= 0.3 is 5.97 Å². The molecule has 2 aromatic rings. The van der Waals surface area contributed by atoms with Crippen LogP contribution in [0.5, 0.6) is 0 Å². The lowest BCUT2D eigenvalue weighted by atomic mass is 10.2. The highest BCUT2D eigenvalue weighted by Crippen LogP contribution is 2.13. The summed E-state index contributed by atoms with van der Waals surface area (Å²) in [6.45, 7) is 0. The van der Waals surface area contributed by atoms with Gasteiger partial charge in [-0.2, -0.15) is 0 Å². The van der Waals surface area contributed by atoms with Crippen LogP contribution in [0.15, 0.2) is 21.9 Å². The average molecular weight is 294 g/mol. The Kier molecular flexibility index (Phi) is 5.73. The number of hydrogen-bond acceptors (Lipinski definition) is 5. The third-order valence-corrected chi connectivity index (χ3v) is 3.87. The van der Waals surface area contributed by atoms with Crippen molar-refractivity contribution < 1.29 is 14.3 Å². The number of hydrogen-bond donors (Lipinski definition) is 1. The summed E-state index contributed by atoms with van der Waals surface area (Å²) in [6, 6.07) is 4.19. The van der Waals surface area contributed by atoms with E-state index in [4.69, 9.17) is 9.52 Å². The SMILES string of the molecule is O=C(O)CCCCc1nnc(CCCc2cccs2)o1. The summed E-state index contributed by atoms with van der Waals surface area (Å²) >= 11 is 1.76. The number of carboxylic acid groups (broad SMARTS) is 1. The topological polar surface area (TPSA) is 76.2 Å². The molecule has 0 radical (unpaired) electrons. The van der Waals surface area contributed by atoms with Crippen molar-refractivity contribution in [2.45, 2.75) is 44.9 Å². The third-order valence-electron chi connectivity index (χ3n) is 2.93. The molecule has 0 spiro atoms. The van der Waals surface area contributed by atoms with Gasteiger partial charge in [-0.1, -0.05) is 6.07 Å². The van der Waals surface area contributed by atoms with Crippen molar-refractivity contribution in [1.82, 2.24) is 10.2 Å². The van der Waals surface area contributed by atoms with Crippen LogP contribution < -0.4 is 0 Å². The van der Waals surface area contributed by atoms with Crippen molar-refractivity contribution in [3.8, 4) is 0 Å². The molecule has 0 fully saturated rings. The fraction of sp³-hybridized carbons (Fsp3) is 0.500. The summed E-state index contributed by atoms with van der Waals surface area (Å²) in [5.74, 6) is 0.529. The first-order valence-electron chi connectivity index (χ1n) is 6.79. The van der Waals surface area contributed by atoms with Crippen LogP contribution in [0.3, 0.4) is 0 Å². The van der Waals surface area contributed by atoms with E-state index in [1.165, 1.54) is 4.88 Å². The highest BCUT2D eigenvalue weighted by molar-refractivity contribution is 7.09. The van der Waals surface area contributed by atoms with Crippen LogP contribution in [-0.4, -0.2) is 21.3 Å². The molecule has 0 bridgehead atoms. The molecule has 108 valence electrons. The van der Waals surface area contributed by atoms with E-state index < -0.39 is 5.97 Å². The van der Waals surface area contributed by atoms with Crippen molar-refractivity contribution in [2.75, 3.05) is 0 Å². The van der Waals surface area contributed by atoms with Gasteiger partial charge in [-0.3, -0.25) is 4.79 Å². The smallest absolute Gasteiger partial charge is 0.303 e. The zero-order valence-electron chi connectivity index (χ0n) is 11.2. The van der Waals surface area contributed by atoms with Gasteiger partial charge in [0.2, 0.25) is 11.8 Å². The molecule has 0 amide bonds. The summed E-state index contributed by atoms with van der Waals surface area (Å²) < 4.78 is 5.54. The number of nitrogens with zero attached hydrogens (tertiary/aromatic N) is 2. The normalized spacial score (nSPS) is 10.8. The lowest BCUT2D eigenvalue weighted by molar-refractivity contribution is -0.137. The Morgan fingerprint density at radius 2 is 1.90 bits per heavy atom. The van der Waals surface area contributed by atoms with Crippen LogP contribution in [0, 0.1) is 0 Å². The van der Waals surface area contributed by atoms with Crippen LogP contribution >= 0.6 is 11.3 Å². The van der Waals surface area contributed by atoms with Gasteiger partial charge < -0.3 is 9.52 Å². The maximum absolute atomic E-state index is 10.4. The minimum atomic E-state index is -0.759. The number of aryl methyl sites for hydroxylation is 3. The molecule has 6 heteroatoms. The van der Waals surface area contributed by atoms with E-state index in [1.54, 1.807) is 11.3 Å². The fourth-order valence-electron chi connectivity index (χ4n) is 1.91. The Bertz CT molecular complexity index is 522. The zero-order chi connectivity index (χ0) is 14.2. The van der Waals surface area contributed by atoms with Gasteiger partial charge in [-0.25, -0.2) is 0 Å². The van der Waals surface area contributed by atoms with Gasteiger partial charge in [0.25, 0.3) is 0 Å². The third kappa shape index (κ3) is 5.13. The Morgan fingerprint density at radius 1 is 1.15 bits per heavy atom. The van der Waals surface area contributed by atoms with Crippen molar-refractivity contribution in [2.24, 2.45) is 0 Å². The van der Waals surface area contributed by atoms with Crippen LogP contribution in [0.1, 0.15) is 42.3 Å². The summed E-state index contributed by atoms with van der Waals surface area (Å²) in [7, 11) is 0. The first-order valence-corrected chi connectivity index (χ1v) is 7.67. The van der Waals surface area contributed by atoms with Gasteiger partial charge in [0, 0.05) is 24.1 Å². The highest BCUT2D eigenvalue weighted by atomic mass is 32.1. The number of aliphatic carboxylic acids is 1. The van der Waals surface area contributed by atoms with Crippen molar-refractivity contribution in [3.05, 3.63) is 34.2 Å². The van der Waals surface area contributed by atoms with Crippen molar-refractivity contribution >= 4 is 17.3 Å². The number of thiophene rings is 1. The quantitative estimate of drug-likeness (QED) is 0.719. The second-order valence-corrected chi connectivity index (χ2v) is 5.66. The van der Waals surface area contributed by atoms with Gasteiger partial charge in [0.1, 0.15) is 0 Å². The molecule has 0 aliphatic carbocycles. The molecule has 0 aromatic carbocycles. The van der Waals surface area contributed by atoms with Gasteiger partial charge in [-0.05, 0) is 37.1 Å². The molecule has 0 saturated heterocycles. The fourth-order valence-corrected chi connectivity index (χ4v) is 2.66. The first kappa shape index (κ1) is 14.7. The largest absolute Gasteiger partial charge is 0.481 e. The summed E-state index contributed by atoms with van der Waals surface area (Å²) in [4.78, 5) is 11.8. The predicted molar refractivity (Wildman–Crippen MR) is 75.8 cm³/mol. The molecular formula is C14H18N2O3S. The molecule has 0 atom stereocenters. The van der Waals surface area contributed by atoms with Crippen molar-refractivity contribution in [3.63, 3.8) is 0 Å². The minimum absolute atomic E-state index is 0.196. The van der Waals surface area contributed by atoms with E-state index in [0.717, 1.165) is 25.7 Å². The molecule has 2 aromatic heterocycles. The molecule has 2 heterocycles. The molecule has 5 nitrogen and oxygen atoms in total. The zero-order valence-corrected chi connectivity index (χ0v) is 12.1. The van der Waals surface area contributed by atoms with Crippen molar-refractivity contribution in [1.29, 1.82) is 0 Å². The molecule has 0 aliphatic heterocycles. The summed E-state index contributed by atoms with van der Waals surface area (Å²) in [5.41, 5.74) is 0. The first-order chi connectivity index (χ1) is 9.74. The Balaban J connectivity index is 1.65. The van der Waals surface area contributed by atoms with Crippen LogP contribution in [0.25, 0.3) is 0 Å². The van der Waals surface area contributed by atoms with Crippen LogP contribution in [-0.2, 0) is 24.1 Å². The Labute approximate surface area is 121 Å². The standard InChI is InChI=1S/C14H18N2O3S/c17-14(18)9-2-1-7-12-15-16-13(19-12)8-3-5-11-6-4-10-20-11/h4,6,10H,1-3,5,7-9H2,(H,17,18). The van der Waals surface area contributed by atoms with Crippen LogP contribution in [0.2, 0.25) is 0 Å². The maximum atomic E-state index is 10.4. The number of unbranched alkanes of at least 4 members (excludes halogenated alkanes) is 1. The summed E-state index contributed by atoms with van der Waals surface area (Å²) in [6.07, 6.45) is 5.09. The number of carboxylic acids is 1. The molecule has 0 saturated carbocycles. The van der Waals surface area contributed by atoms with Crippen LogP contribution in [0.4, 0.5) is 0 Å². The number of carbonyl (C=O) groups is 1. The van der Waals surface area contributed by atoms with E-state index in [9.17, 15) is 4.79 Å².